The van der Waals surface area contributed by atoms with Crippen molar-refractivity contribution < 1.29 is 4.92 Å². The van der Waals surface area contributed by atoms with Crippen LogP contribution >= 0.6 is 0 Å². The highest BCUT2D eigenvalue weighted by atomic mass is 16.6. The Labute approximate surface area is 125 Å². The van der Waals surface area contributed by atoms with E-state index >= 15 is 0 Å². The third-order valence-electron chi connectivity index (χ3n) is 5.48. The fourth-order valence-electron chi connectivity index (χ4n) is 4.37. The van der Waals surface area contributed by atoms with Crippen molar-refractivity contribution in [1.82, 2.24) is 9.80 Å². The molecule has 0 aromatic heterocycles. The van der Waals surface area contributed by atoms with Crippen molar-refractivity contribution >= 4 is 11.4 Å². The van der Waals surface area contributed by atoms with E-state index in [9.17, 15) is 10.1 Å². The molecule has 2 saturated heterocycles. The predicted molar refractivity (Wildman–Crippen MR) is 84.5 cm³/mol. The van der Waals surface area contributed by atoms with Crippen molar-refractivity contribution in [2.45, 2.75) is 45.2 Å². The first-order chi connectivity index (χ1) is 10.1. The van der Waals surface area contributed by atoms with Gasteiger partial charge in [-0.15, -0.1) is 0 Å². The van der Waals surface area contributed by atoms with E-state index in [0.29, 0.717) is 12.1 Å². The fraction of sp³-hybridized carbons (Fsp3) is 0.625. The smallest absolute Gasteiger partial charge is 0.272 e. The summed E-state index contributed by atoms with van der Waals surface area (Å²) in [5.41, 5.74) is 2.27. The van der Waals surface area contributed by atoms with E-state index in [1.165, 1.54) is 24.9 Å². The van der Waals surface area contributed by atoms with Crippen LogP contribution in [-0.2, 0) is 0 Å². The number of quaternary nitrogens is 1. The second-order valence-corrected chi connectivity index (χ2v) is 6.52. The van der Waals surface area contributed by atoms with E-state index in [2.05, 4.69) is 18.3 Å². The first-order valence-electron chi connectivity index (χ1n) is 7.89. The molecule has 0 spiro atoms. The highest BCUT2D eigenvalue weighted by Crippen LogP contribution is 2.40. The zero-order valence-electron chi connectivity index (χ0n) is 12.8. The average Bonchev–Trinajstić information content (AvgIpc) is 3.07. The van der Waals surface area contributed by atoms with Gasteiger partial charge in [-0.2, -0.15) is 0 Å². The molecule has 1 aromatic carbocycles. The fourth-order valence-corrected chi connectivity index (χ4v) is 4.37. The zero-order chi connectivity index (χ0) is 15.0. The van der Waals surface area contributed by atoms with E-state index in [1.54, 1.807) is 6.07 Å². The lowest BCUT2D eigenvalue weighted by Gasteiger charge is -2.43. The molecule has 0 saturated carbocycles. The molecule has 114 valence electrons. The van der Waals surface area contributed by atoms with Gasteiger partial charge in [0.15, 0.2) is 0 Å². The molecular weight excluding hydrogens is 266 g/mol. The summed E-state index contributed by atoms with van der Waals surface area (Å²) in [5, 5.41) is 14.5. The van der Waals surface area contributed by atoms with Crippen molar-refractivity contribution in [2.75, 3.05) is 19.6 Å². The Morgan fingerprint density at radius 1 is 1.38 bits per heavy atom. The number of likely N-dealkylation sites (tertiary alicyclic amines) is 1. The minimum atomic E-state index is -0.284. The minimum absolute atomic E-state index is 0.230. The summed E-state index contributed by atoms with van der Waals surface area (Å²) < 4.78 is 1.01. The Morgan fingerprint density at radius 2 is 2.19 bits per heavy atom. The van der Waals surface area contributed by atoms with Gasteiger partial charge in [0.25, 0.3) is 5.69 Å². The molecule has 1 N–H and O–H groups in total. The Morgan fingerprint density at radius 3 is 2.71 bits per heavy atom. The first-order valence-corrected chi connectivity index (χ1v) is 7.89. The van der Waals surface area contributed by atoms with E-state index in [1.807, 2.05) is 13.0 Å². The van der Waals surface area contributed by atoms with Crippen LogP contribution in [0.2, 0.25) is 0 Å². The molecule has 0 amide bonds. The maximum atomic E-state index is 11.0. The Bertz CT molecular complexity index is 554. The molecule has 3 rings (SSSR count). The molecule has 2 heterocycles. The quantitative estimate of drug-likeness (QED) is 0.529. The largest absolute Gasteiger partial charge is 0.311 e. The summed E-state index contributed by atoms with van der Waals surface area (Å²) in [6.45, 7) is 7.49. The first kappa shape index (κ1) is 14.5. The summed E-state index contributed by atoms with van der Waals surface area (Å²) in [7, 11) is 0. The van der Waals surface area contributed by atoms with Crippen LogP contribution in [-0.4, -0.2) is 36.6 Å². The maximum absolute atomic E-state index is 11.0. The van der Waals surface area contributed by atoms with Gasteiger partial charge >= 0.3 is 0 Å². The lowest BCUT2D eigenvalue weighted by molar-refractivity contribution is -0.385. The van der Waals surface area contributed by atoms with Gasteiger partial charge in [0, 0.05) is 56.1 Å². The summed E-state index contributed by atoms with van der Waals surface area (Å²) in [6.07, 6.45) is 3.68. The lowest BCUT2D eigenvalue weighted by atomic mass is 10.0. The summed E-state index contributed by atoms with van der Waals surface area (Å²) >= 11 is 0. The molecule has 1 aromatic rings. The van der Waals surface area contributed by atoms with Crippen LogP contribution in [0, 0.1) is 17.0 Å². The molecule has 0 bridgehead atoms. The van der Waals surface area contributed by atoms with Crippen molar-refractivity contribution in [3.8, 4) is 0 Å². The van der Waals surface area contributed by atoms with Crippen molar-refractivity contribution in [3.05, 3.63) is 33.9 Å². The van der Waals surface area contributed by atoms with Crippen LogP contribution in [0.3, 0.4) is 0 Å². The van der Waals surface area contributed by atoms with E-state index < -0.39 is 0 Å². The topological polar surface area (TPSA) is 55.2 Å². The zero-order valence-corrected chi connectivity index (χ0v) is 12.8. The number of nitrogens with zero attached hydrogens (tertiary/aromatic N) is 2. The third-order valence-corrected chi connectivity index (χ3v) is 5.48. The van der Waals surface area contributed by atoms with Gasteiger partial charge in [-0.05, 0) is 13.8 Å². The van der Waals surface area contributed by atoms with Gasteiger partial charge in [0.05, 0.1) is 17.5 Å². The molecule has 2 aliphatic heterocycles. The molecule has 21 heavy (non-hydrogen) atoms. The van der Waals surface area contributed by atoms with Gasteiger partial charge in [0.1, 0.15) is 11.7 Å². The number of benzene rings is 1. The third kappa shape index (κ3) is 2.24. The normalized spacial score (nSPS) is 32.5. The average molecular weight is 290 g/mol. The number of nitrogens with one attached hydrogen (secondary N) is 1. The van der Waals surface area contributed by atoms with Crippen LogP contribution in [0.4, 0.5) is 11.4 Å². The molecule has 5 heteroatoms. The highest BCUT2D eigenvalue weighted by Gasteiger charge is 2.48. The molecule has 5 nitrogen and oxygen atoms in total. The number of aryl methyl sites for hydroxylation is 1. The molecule has 1 unspecified atom stereocenters. The van der Waals surface area contributed by atoms with Crippen LogP contribution in [0.5, 0.6) is 0 Å². The monoisotopic (exact) mass is 290 g/mol. The summed E-state index contributed by atoms with van der Waals surface area (Å²) in [4.78, 5) is 10.8. The van der Waals surface area contributed by atoms with Crippen molar-refractivity contribution in [1.29, 1.82) is 0 Å². The van der Waals surface area contributed by atoms with Crippen LogP contribution in [0.25, 0.3) is 0 Å². The Balaban J connectivity index is 2.05. The Hall–Kier alpha value is -1.46. The maximum Gasteiger partial charge on any atom is 0.272 e. The second kappa shape index (κ2) is 5.39. The van der Waals surface area contributed by atoms with Crippen LogP contribution < -0.4 is 9.80 Å². The lowest BCUT2D eigenvalue weighted by Crippen LogP contribution is -2.59. The van der Waals surface area contributed by atoms with Gasteiger partial charge in [-0.25, -0.2) is 0 Å². The second-order valence-electron chi connectivity index (χ2n) is 6.52. The van der Waals surface area contributed by atoms with Crippen LogP contribution in [0.15, 0.2) is 18.2 Å². The van der Waals surface area contributed by atoms with Crippen LogP contribution in [0.1, 0.15) is 31.7 Å². The molecular formula is C16H24N3O2+. The highest BCUT2D eigenvalue weighted by molar-refractivity contribution is 5.54. The standard InChI is InChI=1S/C16H24N3O2/c1-12-10-14(5-6-16(12)18(20)21)19(9-3-4-13(19)2)15-7-8-17-11-15/h5-6,10,13,15,17H,3-4,7-9,11H2,1-2H3/q+1/t13-,15-,19?/m0/s1. The van der Waals surface area contributed by atoms with Gasteiger partial charge in [0.2, 0.25) is 0 Å². The SMILES string of the molecule is Cc1cc([N+]2([C@H]3CCNC3)CCC[C@@H]2C)ccc1[N+](=O)[O-]. The van der Waals surface area contributed by atoms with Crippen molar-refractivity contribution in [3.63, 3.8) is 0 Å². The van der Waals surface area contributed by atoms with E-state index in [0.717, 1.165) is 29.7 Å². The molecule has 2 aliphatic rings. The number of hydrogen-bond acceptors (Lipinski definition) is 3. The van der Waals surface area contributed by atoms with Crippen molar-refractivity contribution in [2.24, 2.45) is 0 Å². The van der Waals surface area contributed by atoms with Gasteiger partial charge in [-0.1, -0.05) is 0 Å². The molecule has 2 fully saturated rings. The van der Waals surface area contributed by atoms with E-state index in [-0.39, 0.29) is 10.6 Å². The molecule has 0 aliphatic carbocycles. The summed E-state index contributed by atoms with van der Waals surface area (Å²) in [5.74, 6) is 0. The van der Waals surface area contributed by atoms with Gasteiger partial charge in [-0.3, -0.25) is 14.6 Å². The predicted octanol–water partition coefficient (Wildman–Crippen LogP) is 2.75. The van der Waals surface area contributed by atoms with E-state index in [4.69, 9.17) is 0 Å². The minimum Gasteiger partial charge on any atom is -0.311 e. The molecule has 3 atom stereocenters. The number of hydrogen-bond donors (Lipinski definition) is 1. The Kier molecular flexibility index (Phi) is 3.71. The number of rotatable bonds is 3. The van der Waals surface area contributed by atoms with Gasteiger partial charge < -0.3 is 5.32 Å². The molecule has 0 radical (unpaired) electrons. The number of nitro benzene ring substituents is 1. The summed E-state index contributed by atoms with van der Waals surface area (Å²) in [6, 6.07) is 6.93. The number of nitro groups is 1.